The van der Waals surface area contributed by atoms with Gasteiger partial charge in [-0.15, -0.1) is 0 Å². The number of benzene rings is 2. The van der Waals surface area contributed by atoms with E-state index in [1.165, 1.54) is 12.1 Å². The maximum Gasteiger partial charge on any atom is 0.227 e. The molecule has 7 heteroatoms. The molecule has 3 aromatic rings. The predicted octanol–water partition coefficient (Wildman–Crippen LogP) is 4.47. The van der Waals surface area contributed by atoms with Crippen LogP contribution in [-0.2, 0) is 11.3 Å². The Morgan fingerprint density at radius 1 is 1.22 bits per heavy atom. The van der Waals surface area contributed by atoms with E-state index in [0.717, 1.165) is 42.9 Å². The molecule has 170 valence electrons. The Balaban J connectivity index is 1.68. The average molecular weight is 440 g/mol. The highest BCUT2D eigenvalue weighted by Gasteiger charge is 2.25. The highest BCUT2D eigenvalue weighted by molar-refractivity contribution is 5.43. The number of hydrogen-bond acceptors (Lipinski definition) is 5. The number of aliphatic hydroxyl groups excluding tert-OH is 1. The van der Waals surface area contributed by atoms with Gasteiger partial charge in [-0.25, -0.2) is 9.07 Å². The van der Waals surface area contributed by atoms with Crippen LogP contribution in [-0.4, -0.2) is 51.7 Å². The first-order valence-electron chi connectivity index (χ1n) is 11.1. The van der Waals surface area contributed by atoms with Crippen LogP contribution in [0.15, 0.2) is 54.6 Å². The third-order valence-corrected chi connectivity index (χ3v) is 5.56. The van der Waals surface area contributed by atoms with E-state index in [9.17, 15) is 9.50 Å². The van der Waals surface area contributed by atoms with Gasteiger partial charge in [0, 0.05) is 26.2 Å². The molecule has 0 unspecified atom stereocenters. The highest BCUT2D eigenvalue weighted by Crippen LogP contribution is 2.32. The van der Waals surface area contributed by atoms with Crippen LogP contribution in [0.25, 0.3) is 5.69 Å². The molecule has 2 atom stereocenters. The zero-order chi connectivity index (χ0) is 22.5. The summed E-state index contributed by atoms with van der Waals surface area (Å²) in [6.07, 6.45) is 1.79. The minimum atomic E-state index is -0.470. The molecule has 1 N–H and O–H groups in total. The van der Waals surface area contributed by atoms with Gasteiger partial charge < -0.3 is 14.6 Å². The molecule has 1 aromatic heterocycles. The van der Waals surface area contributed by atoms with Gasteiger partial charge in [0.15, 0.2) is 0 Å². The summed E-state index contributed by atoms with van der Waals surface area (Å²) in [5.74, 6) is 0.805. The molecule has 0 amide bonds. The summed E-state index contributed by atoms with van der Waals surface area (Å²) >= 11 is 0. The first-order chi connectivity index (χ1) is 15.5. The van der Waals surface area contributed by atoms with Crippen molar-refractivity contribution in [2.24, 2.45) is 0 Å². The second kappa shape index (κ2) is 10.3. The van der Waals surface area contributed by atoms with E-state index in [-0.39, 0.29) is 11.9 Å². The highest BCUT2D eigenvalue weighted by atomic mass is 19.1. The number of ether oxygens (including phenoxy) is 2. The molecule has 1 saturated heterocycles. The van der Waals surface area contributed by atoms with Crippen molar-refractivity contribution in [1.82, 2.24) is 14.7 Å². The molecule has 6 nitrogen and oxygen atoms in total. The SMILES string of the molecule is Cc1nn(-c2ccccc2)c(Oc2ccc(F)cc2)c1CN(C[C@@H]1CCCO1)C[C@H](C)O. The van der Waals surface area contributed by atoms with Gasteiger partial charge in [0.1, 0.15) is 11.6 Å². The minimum Gasteiger partial charge on any atom is -0.439 e. The molecule has 2 aromatic carbocycles. The van der Waals surface area contributed by atoms with Crippen LogP contribution in [0.4, 0.5) is 4.39 Å². The fourth-order valence-corrected chi connectivity index (χ4v) is 4.06. The average Bonchev–Trinajstić information content (AvgIpc) is 3.39. The van der Waals surface area contributed by atoms with Crippen LogP contribution >= 0.6 is 0 Å². The summed E-state index contributed by atoms with van der Waals surface area (Å²) in [7, 11) is 0. The molecule has 32 heavy (non-hydrogen) atoms. The summed E-state index contributed by atoms with van der Waals surface area (Å²) in [4.78, 5) is 2.19. The number of aromatic nitrogens is 2. The normalized spacial score (nSPS) is 17.1. The van der Waals surface area contributed by atoms with Gasteiger partial charge in [-0.2, -0.15) is 5.10 Å². The quantitative estimate of drug-likeness (QED) is 0.533. The van der Waals surface area contributed by atoms with Gasteiger partial charge in [-0.1, -0.05) is 18.2 Å². The maximum absolute atomic E-state index is 13.4. The number of nitrogens with zero attached hydrogens (tertiary/aromatic N) is 3. The van der Waals surface area contributed by atoms with Crippen molar-refractivity contribution in [2.45, 2.75) is 45.4 Å². The Hall–Kier alpha value is -2.74. The van der Waals surface area contributed by atoms with Crippen molar-refractivity contribution >= 4 is 0 Å². The summed E-state index contributed by atoms with van der Waals surface area (Å²) < 4.78 is 27.3. The Kier molecular flexibility index (Phi) is 7.19. The topological polar surface area (TPSA) is 59.8 Å². The molecule has 0 bridgehead atoms. The van der Waals surface area contributed by atoms with Gasteiger partial charge in [0.25, 0.3) is 0 Å². The minimum absolute atomic E-state index is 0.166. The van der Waals surface area contributed by atoms with Crippen LogP contribution in [0.3, 0.4) is 0 Å². The maximum atomic E-state index is 13.4. The van der Waals surface area contributed by atoms with Gasteiger partial charge in [0.05, 0.1) is 29.2 Å². The monoisotopic (exact) mass is 439 g/mol. The largest absolute Gasteiger partial charge is 0.439 e. The van der Waals surface area contributed by atoms with Crippen molar-refractivity contribution < 1.29 is 19.0 Å². The van der Waals surface area contributed by atoms with Gasteiger partial charge in [-0.05, 0) is 63.1 Å². The summed E-state index contributed by atoms with van der Waals surface area (Å²) in [5, 5.41) is 14.8. The molecule has 0 saturated carbocycles. The van der Waals surface area contributed by atoms with Crippen molar-refractivity contribution in [3.8, 4) is 17.3 Å². The number of hydrogen-bond donors (Lipinski definition) is 1. The van der Waals surface area contributed by atoms with Crippen molar-refractivity contribution in [3.05, 3.63) is 71.7 Å². The van der Waals surface area contributed by atoms with E-state index in [1.807, 2.05) is 37.3 Å². The van der Waals surface area contributed by atoms with Crippen LogP contribution in [0, 0.1) is 12.7 Å². The number of rotatable bonds is 9. The Morgan fingerprint density at radius 3 is 2.62 bits per heavy atom. The lowest BCUT2D eigenvalue weighted by Crippen LogP contribution is -2.36. The second-order valence-corrected chi connectivity index (χ2v) is 8.35. The lowest BCUT2D eigenvalue weighted by molar-refractivity contribution is 0.0500. The number of aliphatic hydroxyl groups is 1. The zero-order valence-electron chi connectivity index (χ0n) is 18.6. The van der Waals surface area contributed by atoms with Gasteiger partial charge >= 0.3 is 0 Å². The molecular formula is C25H30FN3O3. The van der Waals surface area contributed by atoms with E-state index in [2.05, 4.69) is 4.90 Å². The van der Waals surface area contributed by atoms with Crippen molar-refractivity contribution in [3.63, 3.8) is 0 Å². The Labute approximate surface area is 188 Å². The molecule has 1 fully saturated rings. The summed E-state index contributed by atoms with van der Waals surface area (Å²) in [5.41, 5.74) is 2.64. The predicted molar refractivity (Wildman–Crippen MR) is 121 cm³/mol. The Morgan fingerprint density at radius 2 is 1.97 bits per heavy atom. The van der Waals surface area contributed by atoms with E-state index in [4.69, 9.17) is 14.6 Å². The Bertz CT molecular complexity index is 999. The zero-order valence-corrected chi connectivity index (χ0v) is 18.6. The lowest BCUT2D eigenvalue weighted by Gasteiger charge is -2.26. The van der Waals surface area contributed by atoms with Crippen molar-refractivity contribution in [2.75, 3.05) is 19.7 Å². The molecule has 0 radical (unpaired) electrons. The number of para-hydroxylation sites is 1. The van der Waals surface area contributed by atoms with Crippen LogP contribution in [0.5, 0.6) is 11.6 Å². The molecule has 4 rings (SSSR count). The van der Waals surface area contributed by atoms with Gasteiger partial charge in [-0.3, -0.25) is 4.90 Å². The summed E-state index contributed by atoms with van der Waals surface area (Å²) in [6, 6.07) is 15.8. The van der Waals surface area contributed by atoms with E-state index >= 15 is 0 Å². The number of halogens is 1. The number of aryl methyl sites for hydroxylation is 1. The standard InChI is InChI=1S/C25H30FN3O3/c1-18(30)15-28(16-23-9-6-14-31-23)17-24-19(2)27-29(21-7-4-3-5-8-21)25(24)32-22-12-10-20(26)11-13-22/h3-5,7-8,10-13,18,23,30H,6,9,14-17H2,1-2H3/t18-,23-/m0/s1. The first-order valence-corrected chi connectivity index (χ1v) is 11.1. The van der Waals surface area contributed by atoms with Crippen molar-refractivity contribution in [1.29, 1.82) is 0 Å². The van der Waals surface area contributed by atoms with Crippen LogP contribution < -0.4 is 4.74 Å². The third-order valence-electron chi connectivity index (χ3n) is 5.56. The van der Waals surface area contributed by atoms with E-state index in [1.54, 1.807) is 23.7 Å². The third kappa shape index (κ3) is 5.54. The second-order valence-electron chi connectivity index (χ2n) is 8.35. The fourth-order valence-electron chi connectivity index (χ4n) is 4.06. The van der Waals surface area contributed by atoms with Crippen LogP contribution in [0.2, 0.25) is 0 Å². The molecule has 0 aliphatic carbocycles. The molecule has 1 aliphatic heterocycles. The fraction of sp³-hybridized carbons (Fsp3) is 0.400. The summed E-state index contributed by atoms with van der Waals surface area (Å²) in [6.45, 7) is 6.34. The van der Waals surface area contributed by atoms with Gasteiger partial charge in [0.2, 0.25) is 5.88 Å². The molecule has 1 aliphatic rings. The molecular weight excluding hydrogens is 409 g/mol. The molecule has 2 heterocycles. The first kappa shape index (κ1) is 22.5. The molecule has 0 spiro atoms. The smallest absolute Gasteiger partial charge is 0.227 e. The van der Waals surface area contributed by atoms with Crippen LogP contribution in [0.1, 0.15) is 31.0 Å². The van der Waals surface area contributed by atoms with E-state index < -0.39 is 6.10 Å². The van der Waals surface area contributed by atoms with E-state index in [0.29, 0.717) is 24.7 Å². The lowest BCUT2D eigenvalue weighted by atomic mass is 10.1.